The monoisotopic (exact) mass is 345 g/mol. The van der Waals surface area contributed by atoms with Crippen molar-refractivity contribution in [1.82, 2.24) is 10.1 Å². The maximum Gasteiger partial charge on any atom is 0.236 e. The number of aryl methyl sites for hydroxylation is 1. The summed E-state index contributed by atoms with van der Waals surface area (Å²) in [5.41, 5.74) is 1.97. The van der Waals surface area contributed by atoms with Gasteiger partial charge in [0.1, 0.15) is 0 Å². The summed E-state index contributed by atoms with van der Waals surface area (Å²) in [5, 5.41) is 8.77. The van der Waals surface area contributed by atoms with Crippen LogP contribution in [0.1, 0.15) is 11.5 Å². The van der Waals surface area contributed by atoms with Crippen molar-refractivity contribution in [2.75, 3.05) is 11.1 Å². The van der Waals surface area contributed by atoms with E-state index in [-0.39, 0.29) is 5.91 Å². The van der Waals surface area contributed by atoms with Crippen LogP contribution < -0.4 is 5.32 Å². The second kappa shape index (κ2) is 7.43. The number of nitrogens with zero attached hydrogens (tertiary/aromatic N) is 2. The predicted molar refractivity (Wildman–Crippen MR) is 93.6 cm³/mol. The molecule has 2 aromatic heterocycles. The molecular formula is C16H15N3O2S2. The van der Waals surface area contributed by atoms with E-state index >= 15 is 0 Å². The van der Waals surface area contributed by atoms with Gasteiger partial charge in [0.2, 0.25) is 17.6 Å². The van der Waals surface area contributed by atoms with Gasteiger partial charge >= 0.3 is 0 Å². The van der Waals surface area contributed by atoms with E-state index in [0.29, 0.717) is 23.2 Å². The lowest BCUT2D eigenvalue weighted by Crippen LogP contribution is -2.14. The first-order chi connectivity index (χ1) is 11.2. The van der Waals surface area contributed by atoms with Gasteiger partial charge in [0.15, 0.2) is 0 Å². The Labute approximate surface area is 142 Å². The largest absolute Gasteiger partial charge is 0.338 e. The summed E-state index contributed by atoms with van der Waals surface area (Å²) in [6.07, 6.45) is 0. The van der Waals surface area contributed by atoms with Gasteiger partial charge in [-0.2, -0.15) is 4.98 Å². The molecule has 0 bridgehead atoms. The van der Waals surface area contributed by atoms with Crippen molar-refractivity contribution in [1.29, 1.82) is 0 Å². The van der Waals surface area contributed by atoms with Gasteiger partial charge in [-0.15, -0.1) is 23.1 Å². The number of aromatic nitrogens is 2. The van der Waals surface area contributed by atoms with Crippen LogP contribution in [0.2, 0.25) is 0 Å². The molecule has 0 spiro atoms. The van der Waals surface area contributed by atoms with Gasteiger partial charge in [0, 0.05) is 5.69 Å². The van der Waals surface area contributed by atoms with Crippen molar-refractivity contribution in [3.05, 3.63) is 53.2 Å². The van der Waals surface area contributed by atoms with Crippen LogP contribution in [0.5, 0.6) is 0 Å². The normalized spacial score (nSPS) is 10.7. The molecule has 3 aromatic rings. The maximum absolute atomic E-state index is 11.9. The van der Waals surface area contributed by atoms with Crippen LogP contribution in [0.15, 0.2) is 46.3 Å². The van der Waals surface area contributed by atoms with E-state index in [1.54, 1.807) is 11.3 Å². The summed E-state index contributed by atoms with van der Waals surface area (Å²) in [7, 11) is 0. The molecule has 0 saturated heterocycles. The van der Waals surface area contributed by atoms with Crippen LogP contribution in [-0.4, -0.2) is 21.8 Å². The van der Waals surface area contributed by atoms with Gasteiger partial charge in [0.05, 0.1) is 16.4 Å². The lowest BCUT2D eigenvalue weighted by Gasteiger charge is -2.04. The predicted octanol–water partition coefficient (Wildman–Crippen LogP) is 3.98. The molecule has 0 unspecified atom stereocenters. The third kappa shape index (κ3) is 4.43. The van der Waals surface area contributed by atoms with E-state index in [9.17, 15) is 4.79 Å². The Balaban J connectivity index is 1.46. The lowest BCUT2D eigenvalue weighted by molar-refractivity contribution is -0.113. The highest BCUT2D eigenvalue weighted by atomic mass is 32.2. The fourth-order valence-electron chi connectivity index (χ4n) is 1.88. The second-order valence-electron chi connectivity index (χ2n) is 4.90. The molecule has 0 aliphatic heterocycles. The molecule has 7 heteroatoms. The number of carbonyl (C=O) groups excluding carboxylic acids is 1. The number of rotatable bonds is 6. The number of hydrogen-bond acceptors (Lipinski definition) is 6. The summed E-state index contributed by atoms with van der Waals surface area (Å²) in [5.74, 6) is 1.93. The molecule has 5 nitrogen and oxygen atoms in total. The Hall–Kier alpha value is -2.12. The smallest absolute Gasteiger partial charge is 0.236 e. The number of nitrogens with one attached hydrogen (secondary N) is 1. The van der Waals surface area contributed by atoms with Gasteiger partial charge < -0.3 is 9.84 Å². The molecule has 0 saturated carbocycles. The minimum absolute atomic E-state index is 0.0446. The van der Waals surface area contributed by atoms with Crippen LogP contribution in [0.25, 0.3) is 10.7 Å². The molecule has 0 fully saturated rings. The average Bonchev–Trinajstić information content (AvgIpc) is 3.20. The molecule has 1 aromatic carbocycles. The number of benzene rings is 1. The number of carbonyl (C=O) groups is 1. The van der Waals surface area contributed by atoms with Crippen molar-refractivity contribution in [2.24, 2.45) is 0 Å². The molecule has 0 radical (unpaired) electrons. The van der Waals surface area contributed by atoms with Crippen molar-refractivity contribution in [2.45, 2.75) is 12.7 Å². The first-order valence-corrected chi connectivity index (χ1v) is 9.05. The number of amides is 1. The summed E-state index contributed by atoms with van der Waals surface area (Å²) in [6, 6.07) is 11.6. The van der Waals surface area contributed by atoms with E-state index in [1.165, 1.54) is 11.8 Å². The van der Waals surface area contributed by atoms with Crippen LogP contribution in [0.4, 0.5) is 5.69 Å². The Bertz CT molecular complexity index is 767. The Morgan fingerprint density at radius 3 is 2.87 bits per heavy atom. The average molecular weight is 345 g/mol. The van der Waals surface area contributed by atoms with Crippen LogP contribution in [0, 0.1) is 6.92 Å². The molecule has 2 heterocycles. The second-order valence-corrected chi connectivity index (χ2v) is 6.83. The maximum atomic E-state index is 11.9. The van der Waals surface area contributed by atoms with Crippen LogP contribution >= 0.6 is 23.1 Å². The first kappa shape index (κ1) is 15.8. The van der Waals surface area contributed by atoms with Crippen molar-refractivity contribution < 1.29 is 9.32 Å². The minimum Gasteiger partial charge on any atom is -0.338 e. The van der Waals surface area contributed by atoms with E-state index in [2.05, 4.69) is 15.5 Å². The molecule has 118 valence electrons. The Kier molecular flexibility index (Phi) is 5.09. The van der Waals surface area contributed by atoms with Gasteiger partial charge in [-0.05, 0) is 30.5 Å². The van der Waals surface area contributed by atoms with E-state index in [0.717, 1.165) is 16.1 Å². The number of hydrogen-bond donors (Lipinski definition) is 1. The number of thiophene rings is 1. The molecule has 3 rings (SSSR count). The van der Waals surface area contributed by atoms with Crippen molar-refractivity contribution in [3.63, 3.8) is 0 Å². The quantitative estimate of drug-likeness (QED) is 0.732. The first-order valence-electron chi connectivity index (χ1n) is 7.01. The van der Waals surface area contributed by atoms with E-state index < -0.39 is 0 Å². The summed E-state index contributed by atoms with van der Waals surface area (Å²) < 4.78 is 5.19. The minimum atomic E-state index is -0.0446. The van der Waals surface area contributed by atoms with E-state index in [4.69, 9.17) is 4.52 Å². The summed E-state index contributed by atoms with van der Waals surface area (Å²) in [6.45, 7) is 2.01. The summed E-state index contributed by atoms with van der Waals surface area (Å²) in [4.78, 5) is 17.2. The zero-order chi connectivity index (χ0) is 16.1. The molecule has 1 amide bonds. The molecular weight excluding hydrogens is 330 g/mol. The Morgan fingerprint density at radius 2 is 2.13 bits per heavy atom. The zero-order valence-corrected chi connectivity index (χ0v) is 14.1. The standard InChI is InChI=1S/C16H15N3O2S2/c1-11-4-6-12(7-5-11)17-14(20)9-22-10-15-18-16(19-21-15)13-3-2-8-23-13/h2-8H,9-10H2,1H3,(H,17,20). The zero-order valence-electron chi connectivity index (χ0n) is 12.5. The van der Waals surface area contributed by atoms with Gasteiger partial charge in [-0.3, -0.25) is 4.79 Å². The number of thioether (sulfide) groups is 1. The lowest BCUT2D eigenvalue weighted by atomic mass is 10.2. The highest BCUT2D eigenvalue weighted by Crippen LogP contribution is 2.22. The van der Waals surface area contributed by atoms with Gasteiger partial charge in [-0.25, -0.2) is 0 Å². The highest BCUT2D eigenvalue weighted by molar-refractivity contribution is 7.99. The van der Waals surface area contributed by atoms with Gasteiger partial charge in [0.25, 0.3) is 0 Å². The highest BCUT2D eigenvalue weighted by Gasteiger charge is 2.10. The van der Waals surface area contributed by atoms with E-state index in [1.807, 2.05) is 48.7 Å². The fourth-order valence-corrected chi connectivity index (χ4v) is 3.19. The third-order valence-electron chi connectivity index (χ3n) is 3.00. The van der Waals surface area contributed by atoms with Crippen LogP contribution in [0.3, 0.4) is 0 Å². The third-order valence-corrected chi connectivity index (χ3v) is 4.79. The SMILES string of the molecule is Cc1ccc(NC(=O)CSCc2nc(-c3cccs3)no2)cc1. The van der Waals surface area contributed by atoms with Crippen molar-refractivity contribution >= 4 is 34.7 Å². The van der Waals surface area contributed by atoms with Crippen molar-refractivity contribution in [3.8, 4) is 10.7 Å². The molecule has 0 aliphatic carbocycles. The summed E-state index contributed by atoms with van der Waals surface area (Å²) >= 11 is 3.01. The molecule has 1 N–H and O–H groups in total. The molecule has 0 atom stereocenters. The molecule has 23 heavy (non-hydrogen) atoms. The Morgan fingerprint density at radius 1 is 1.30 bits per heavy atom. The number of anilines is 1. The molecule has 0 aliphatic rings. The van der Waals surface area contributed by atoms with Crippen LogP contribution in [-0.2, 0) is 10.5 Å². The topological polar surface area (TPSA) is 68.0 Å². The van der Waals surface area contributed by atoms with Gasteiger partial charge in [-0.1, -0.05) is 28.9 Å². The fraction of sp³-hybridized carbons (Fsp3) is 0.188.